The molecule has 3 aromatic rings. The molecule has 0 saturated carbocycles. The molecule has 6 nitrogen and oxygen atoms in total. The highest BCUT2D eigenvalue weighted by molar-refractivity contribution is 7.15. The summed E-state index contributed by atoms with van der Waals surface area (Å²) in [5.41, 5.74) is 3.83. The minimum atomic E-state index is -2.26. The zero-order valence-electron chi connectivity index (χ0n) is 31.2. The van der Waals surface area contributed by atoms with E-state index in [9.17, 15) is 9.50 Å². The summed E-state index contributed by atoms with van der Waals surface area (Å²) in [7, 11) is -8.49. The molecule has 1 unspecified atom stereocenters. The van der Waals surface area contributed by atoms with Gasteiger partial charge in [-0.1, -0.05) is 24.3 Å². The van der Waals surface area contributed by atoms with Crippen LogP contribution < -0.4 is 0 Å². The van der Waals surface area contributed by atoms with E-state index in [4.69, 9.17) is 22.4 Å². The minimum Gasteiger partial charge on any atom is -0.415 e. The van der Waals surface area contributed by atoms with E-state index in [0.717, 1.165) is 21.6 Å². The van der Waals surface area contributed by atoms with Gasteiger partial charge in [-0.3, -0.25) is 0 Å². The normalized spacial score (nSPS) is 24.2. The summed E-state index contributed by atoms with van der Waals surface area (Å²) in [6.45, 7) is 28.2. The molecule has 2 heterocycles. The molecule has 0 bridgehead atoms. The van der Waals surface area contributed by atoms with Crippen molar-refractivity contribution in [2.45, 2.75) is 122 Å². The molecule has 48 heavy (non-hydrogen) atoms. The topological polar surface area (TPSA) is 66.4 Å². The molecule has 1 aromatic heterocycles. The smallest absolute Gasteiger partial charge is 0.221 e. The summed E-state index contributed by atoms with van der Waals surface area (Å²) < 4.78 is 47.7. The van der Waals surface area contributed by atoms with Gasteiger partial charge in [-0.05, 0) is 133 Å². The standard InChI is InChI=1S/C36H57FO6SSi4/c1-25-14-17-28(22-27(25)23-30-20-21-32(44-30)26-15-18-29(37)19-16-26)36(38)35(43-48(11,12)13)34(42-47(8,9)10)33(41-46(5,6)7)31(40-36)24-39-45(2,3)4/h14-22,31,33-35,38H,23-24H2,1-13H3/t31-,33-,34+,35-,36?/m1/s1. The lowest BCUT2D eigenvalue weighted by molar-refractivity contribution is -0.348. The van der Waals surface area contributed by atoms with Gasteiger partial charge in [0.1, 0.15) is 30.2 Å². The summed E-state index contributed by atoms with van der Waals surface area (Å²) in [5, 5.41) is 13.0. The average Bonchev–Trinajstić information content (AvgIpc) is 3.39. The van der Waals surface area contributed by atoms with Crippen LogP contribution in [-0.4, -0.2) is 69.4 Å². The number of hydrogen-bond acceptors (Lipinski definition) is 7. The highest BCUT2D eigenvalue weighted by Gasteiger charge is 2.59. The Morgan fingerprint density at radius 2 is 1.33 bits per heavy atom. The molecule has 1 fully saturated rings. The van der Waals surface area contributed by atoms with Gasteiger partial charge in [0, 0.05) is 21.7 Å². The minimum absolute atomic E-state index is 0.243. The van der Waals surface area contributed by atoms with Crippen LogP contribution in [0.4, 0.5) is 4.39 Å². The van der Waals surface area contributed by atoms with E-state index in [1.165, 1.54) is 17.0 Å². The third-order valence-electron chi connectivity index (χ3n) is 7.76. The van der Waals surface area contributed by atoms with Gasteiger partial charge >= 0.3 is 0 Å². The van der Waals surface area contributed by atoms with Crippen LogP contribution in [0.2, 0.25) is 78.6 Å². The van der Waals surface area contributed by atoms with E-state index in [1.54, 1.807) is 11.3 Å². The van der Waals surface area contributed by atoms with Gasteiger partial charge in [-0.15, -0.1) is 11.3 Å². The van der Waals surface area contributed by atoms with Crippen LogP contribution >= 0.6 is 11.3 Å². The highest BCUT2D eigenvalue weighted by Crippen LogP contribution is 2.44. The number of thiophene rings is 1. The van der Waals surface area contributed by atoms with Crippen molar-refractivity contribution in [1.29, 1.82) is 0 Å². The van der Waals surface area contributed by atoms with E-state index in [-0.39, 0.29) is 5.82 Å². The Morgan fingerprint density at radius 1 is 0.750 bits per heavy atom. The van der Waals surface area contributed by atoms with Gasteiger partial charge < -0.3 is 27.5 Å². The molecule has 5 atom stereocenters. The average molecular weight is 749 g/mol. The second kappa shape index (κ2) is 14.7. The molecular weight excluding hydrogens is 692 g/mol. The van der Waals surface area contributed by atoms with Crippen molar-refractivity contribution in [2.24, 2.45) is 0 Å². The maximum atomic E-state index is 13.5. The first-order valence-corrected chi connectivity index (χ1v) is 31.4. The van der Waals surface area contributed by atoms with Gasteiger partial charge in [0.05, 0.1) is 6.61 Å². The Morgan fingerprint density at radius 3 is 1.90 bits per heavy atom. The lowest BCUT2D eigenvalue weighted by Crippen LogP contribution is -2.69. The molecule has 266 valence electrons. The molecular formula is C36H57FO6SSi4. The monoisotopic (exact) mass is 748 g/mol. The van der Waals surface area contributed by atoms with Crippen molar-refractivity contribution in [3.8, 4) is 10.4 Å². The lowest BCUT2D eigenvalue weighted by Gasteiger charge is -2.54. The number of benzene rings is 2. The number of aryl methyl sites for hydroxylation is 1. The van der Waals surface area contributed by atoms with E-state index < -0.39 is 63.5 Å². The van der Waals surface area contributed by atoms with Gasteiger partial charge in [0.15, 0.2) is 33.3 Å². The van der Waals surface area contributed by atoms with Crippen molar-refractivity contribution in [3.05, 3.63) is 82.0 Å². The molecule has 0 aliphatic carbocycles. The fraction of sp³-hybridized carbons (Fsp3) is 0.556. The van der Waals surface area contributed by atoms with E-state index in [2.05, 4.69) is 110 Å². The summed E-state index contributed by atoms with van der Waals surface area (Å²) in [6, 6.07) is 16.9. The van der Waals surface area contributed by atoms with Crippen LogP contribution in [0, 0.1) is 12.7 Å². The second-order valence-corrected chi connectivity index (χ2v) is 36.0. The zero-order valence-corrected chi connectivity index (χ0v) is 36.0. The predicted octanol–water partition coefficient (Wildman–Crippen LogP) is 9.51. The van der Waals surface area contributed by atoms with E-state index in [1.807, 2.05) is 18.2 Å². The van der Waals surface area contributed by atoms with Crippen LogP contribution in [-0.2, 0) is 34.6 Å². The molecule has 1 aliphatic heterocycles. The molecule has 0 spiro atoms. The van der Waals surface area contributed by atoms with Crippen LogP contribution in [0.1, 0.15) is 21.6 Å². The van der Waals surface area contributed by atoms with Crippen molar-refractivity contribution in [1.82, 2.24) is 0 Å². The number of rotatable bonds is 13. The molecule has 2 aromatic carbocycles. The van der Waals surface area contributed by atoms with E-state index in [0.29, 0.717) is 18.6 Å². The van der Waals surface area contributed by atoms with Crippen molar-refractivity contribution < 1.29 is 31.9 Å². The Kier molecular flexibility index (Phi) is 12.1. The van der Waals surface area contributed by atoms with Crippen LogP contribution in [0.3, 0.4) is 0 Å². The first-order chi connectivity index (χ1) is 21.9. The zero-order chi connectivity index (χ0) is 35.9. The van der Waals surface area contributed by atoms with Crippen LogP contribution in [0.15, 0.2) is 54.6 Å². The van der Waals surface area contributed by atoms with Gasteiger partial charge in [-0.25, -0.2) is 4.39 Å². The maximum absolute atomic E-state index is 13.5. The fourth-order valence-corrected chi connectivity index (χ4v) is 10.7. The van der Waals surface area contributed by atoms with Gasteiger partial charge in [-0.2, -0.15) is 0 Å². The summed E-state index contributed by atoms with van der Waals surface area (Å²) in [6.07, 6.45) is -1.74. The third-order valence-corrected chi connectivity index (χ3v) is 12.9. The molecule has 1 N–H and O–H groups in total. The van der Waals surface area contributed by atoms with Gasteiger partial charge in [0.2, 0.25) is 5.79 Å². The number of halogens is 1. The summed E-state index contributed by atoms with van der Waals surface area (Å²) in [4.78, 5) is 2.26. The highest BCUT2D eigenvalue weighted by atomic mass is 32.1. The van der Waals surface area contributed by atoms with Gasteiger partial charge in [0.25, 0.3) is 0 Å². The Balaban J connectivity index is 1.81. The first kappa shape index (κ1) is 39.5. The maximum Gasteiger partial charge on any atom is 0.221 e. The fourth-order valence-electron chi connectivity index (χ4n) is 5.80. The quantitative estimate of drug-likeness (QED) is 0.176. The number of aliphatic hydroxyl groups is 1. The summed E-state index contributed by atoms with van der Waals surface area (Å²) >= 11 is 1.69. The number of hydrogen-bond donors (Lipinski definition) is 1. The largest absolute Gasteiger partial charge is 0.415 e. The predicted molar refractivity (Wildman–Crippen MR) is 206 cm³/mol. The molecule has 12 heteroatoms. The Bertz CT molecular complexity index is 1520. The first-order valence-electron chi connectivity index (χ1n) is 16.9. The van der Waals surface area contributed by atoms with Crippen LogP contribution in [0.25, 0.3) is 10.4 Å². The number of ether oxygens (including phenoxy) is 1. The van der Waals surface area contributed by atoms with Crippen molar-refractivity contribution in [2.75, 3.05) is 6.61 Å². The van der Waals surface area contributed by atoms with Crippen molar-refractivity contribution in [3.63, 3.8) is 0 Å². The second-order valence-electron chi connectivity index (χ2n) is 16.9. The lowest BCUT2D eigenvalue weighted by atomic mass is 9.86. The molecule has 0 radical (unpaired) electrons. The van der Waals surface area contributed by atoms with Crippen molar-refractivity contribution >= 4 is 44.6 Å². The Hall–Kier alpha value is -1.30. The molecule has 0 amide bonds. The molecule has 4 rings (SSSR count). The molecule has 1 saturated heterocycles. The third kappa shape index (κ3) is 10.8. The van der Waals surface area contributed by atoms with E-state index >= 15 is 0 Å². The van der Waals surface area contributed by atoms with Crippen LogP contribution in [0.5, 0.6) is 0 Å². The summed E-state index contributed by atoms with van der Waals surface area (Å²) in [5.74, 6) is -2.05. The SMILES string of the molecule is Cc1ccc(C2(O)O[C@H](CO[Si](C)(C)C)[C@@H](O[Si](C)(C)C)[C@H](O[Si](C)(C)C)[C@H]2O[Si](C)(C)C)cc1Cc1ccc(-c2ccc(F)cc2)s1. The Labute approximate surface area is 296 Å². The molecule has 1 aliphatic rings.